The SMILES string of the molecule is CCNC(=O)Nc1nc2cc(-c3cccnc3)c(F)cc2s1.CCNC(=O)Nc1nc2cc(-c3ccn(C)c(=O)c3)ccc2s1. The number of aryl methyl sites for hydroxylation is 1. The zero-order valence-corrected chi connectivity index (χ0v) is 26.2. The number of nitrogens with one attached hydrogen (secondary N) is 4. The van der Waals surface area contributed by atoms with Crippen LogP contribution in [0.15, 0.2) is 78.0 Å². The van der Waals surface area contributed by atoms with E-state index in [2.05, 4.69) is 36.2 Å². The first-order valence-corrected chi connectivity index (χ1v) is 15.5. The molecule has 0 saturated carbocycles. The number of thiazole rings is 2. The maximum Gasteiger partial charge on any atom is 0.321 e. The lowest BCUT2D eigenvalue weighted by Crippen LogP contribution is -2.28. The summed E-state index contributed by atoms with van der Waals surface area (Å²) in [5.41, 5.74) is 4.27. The van der Waals surface area contributed by atoms with E-state index in [0.717, 1.165) is 21.3 Å². The lowest BCUT2D eigenvalue weighted by atomic mass is 10.1. The molecule has 6 rings (SSSR count). The van der Waals surface area contributed by atoms with Crippen molar-refractivity contribution in [3.63, 3.8) is 0 Å². The molecule has 14 heteroatoms. The molecule has 0 fully saturated rings. The summed E-state index contributed by atoms with van der Waals surface area (Å²) in [6.07, 6.45) is 4.98. The first-order valence-electron chi connectivity index (χ1n) is 13.9. The molecule has 4 N–H and O–H groups in total. The third kappa shape index (κ3) is 7.66. The number of fused-ring (bicyclic) bond motifs is 2. The number of benzene rings is 2. The Hall–Kier alpha value is -5.21. The Balaban J connectivity index is 0.000000178. The Labute approximate surface area is 265 Å². The number of halogens is 1. The monoisotopic (exact) mass is 644 g/mol. The fourth-order valence-electron chi connectivity index (χ4n) is 4.24. The molecule has 4 amide bonds. The summed E-state index contributed by atoms with van der Waals surface area (Å²) in [6.45, 7) is 4.77. The van der Waals surface area contributed by atoms with Crippen molar-refractivity contribution in [1.82, 2.24) is 30.2 Å². The fraction of sp³-hybridized carbons (Fsp3) is 0.161. The highest BCUT2D eigenvalue weighted by Gasteiger charge is 2.13. The minimum absolute atomic E-state index is 0.0560. The highest BCUT2D eigenvalue weighted by Crippen LogP contribution is 2.32. The smallest absolute Gasteiger partial charge is 0.321 e. The standard InChI is InChI=1S/C16H16N4O2S.C15H13FN4OS/c1-3-17-15(22)19-16-18-12-8-10(4-5-13(12)23-16)11-6-7-20(2)14(21)9-11;1-2-18-14(21)20-15-19-12-6-10(9-4-3-5-17-8-9)11(16)7-13(12)22-15/h4-9H,3H2,1-2H3,(H2,17,18,19,22);3-8H,2H2,1H3,(H2,18,19,20,21). The molecule has 2 aromatic carbocycles. The van der Waals surface area contributed by atoms with E-state index >= 15 is 0 Å². The second-order valence-electron chi connectivity index (χ2n) is 9.60. The molecule has 4 heterocycles. The van der Waals surface area contributed by atoms with Crippen molar-refractivity contribution in [1.29, 1.82) is 0 Å². The van der Waals surface area contributed by atoms with Crippen molar-refractivity contribution < 1.29 is 14.0 Å². The molecule has 11 nitrogen and oxygen atoms in total. The second-order valence-corrected chi connectivity index (χ2v) is 11.7. The van der Waals surface area contributed by atoms with Gasteiger partial charge >= 0.3 is 12.1 Å². The highest BCUT2D eigenvalue weighted by molar-refractivity contribution is 7.22. The Bertz CT molecular complexity index is 2040. The molecule has 6 aromatic rings. The van der Waals surface area contributed by atoms with Gasteiger partial charge in [0.25, 0.3) is 5.56 Å². The molecule has 45 heavy (non-hydrogen) atoms. The summed E-state index contributed by atoms with van der Waals surface area (Å²) in [7, 11) is 1.72. The quantitative estimate of drug-likeness (QED) is 0.164. The molecule has 0 aliphatic carbocycles. The van der Waals surface area contributed by atoms with Gasteiger partial charge in [0.15, 0.2) is 10.3 Å². The summed E-state index contributed by atoms with van der Waals surface area (Å²) in [5.74, 6) is -0.339. The number of carbonyl (C=O) groups excluding carboxylic acids is 2. The van der Waals surface area contributed by atoms with Gasteiger partial charge in [0.2, 0.25) is 0 Å². The van der Waals surface area contributed by atoms with E-state index in [0.29, 0.717) is 44.7 Å². The van der Waals surface area contributed by atoms with Crippen molar-refractivity contribution in [3.8, 4) is 22.3 Å². The molecule has 4 aromatic heterocycles. The Morgan fingerprint density at radius 2 is 1.47 bits per heavy atom. The lowest BCUT2D eigenvalue weighted by Gasteiger charge is -2.02. The maximum absolute atomic E-state index is 14.2. The van der Waals surface area contributed by atoms with E-state index in [1.54, 1.807) is 49.9 Å². The molecule has 0 unspecified atom stereocenters. The first-order chi connectivity index (χ1) is 21.7. The lowest BCUT2D eigenvalue weighted by molar-refractivity contribution is 0.251. The number of aromatic nitrogens is 4. The normalized spacial score (nSPS) is 10.7. The number of nitrogens with zero attached hydrogens (tertiary/aromatic N) is 4. The summed E-state index contributed by atoms with van der Waals surface area (Å²) in [5, 5.41) is 11.6. The van der Waals surface area contributed by atoms with Crippen LogP contribution in [0, 0.1) is 5.82 Å². The van der Waals surface area contributed by atoms with Gasteiger partial charge in [0.1, 0.15) is 5.82 Å². The zero-order chi connectivity index (χ0) is 31.9. The molecule has 0 atom stereocenters. The van der Waals surface area contributed by atoms with Crippen LogP contribution in [0.3, 0.4) is 0 Å². The molecule has 0 aliphatic heterocycles. The predicted octanol–water partition coefficient (Wildman–Crippen LogP) is 6.44. The molecule has 230 valence electrons. The number of hydrogen-bond donors (Lipinski definition) is 4. The Morgan fingerprint density at radius 3 is 2.09 bits per heavy atom. The van der Waals surface area contributed by atoms with Crippen LogP contribution in [0.5, 0.6) is 0 Å². The number of hydrogen-bond acceptors (Lipinski definition) is 8. The van der Waals surface area contributed by atoms with Crippen molar-refractivity contribution in [3.05, 3.63) is 89.4 Å². The van der Waals surface area contributed by atoms with Crippen LogP contribution >= 0.6 is 22.7 Å². The molecule has 0 spiro atoms. The van der Waals surface area contributed by atoms with Gasteiger partial charge in [-0.05, 0) is 61.4 Å². The zero-order valence-electron chi connectivity index (χ0n) is 24.6. The highest BCUT2D eigenvalue weighted by atomic mass is 32.1. The van der Waals surface area contributed by atoms with E-state index in [-0.39, 0.29) is 23.4 Å². The first kappa shape index (κ1) is 31.2. The molecular formula is C31H29FN8O3S2. The number of urea groups is 2. The van der Waals surface area contributed by atoms with Crippen LogP contribution in [-0.4, -0.2) is 44.7 Å². The molecule has 0 bridgehead atoms. The van der Waals surface area contributed by atoms with E-state index in [4.69, 9.17) is 0 Å². The van der Waals surface area contributed by atoms with Gasteiger partial charge in [-0.3, -0.25) is 20.4 Å². The minimum atomic E-state index is -0.339. The second kappa shape index (κ2) is 14.1. The van der Waals surface area contributed by atoms with Gasteiger partial charge < -0.3 is 15.2 Å². The van der Waals surface area contributed by atoms with Crippen molar-refractivity contribution in [2.24, 2.45) is 7.05 Å². The van der Waals surface area contributed by atoms with E-state index in [1.807, 2.05) is 38.1 Å². The van der Waals surface area contributed by atoms with Crippen molar-refractivity contribution >= 4 is 65.4 Å². The molecular weight excluding hydrogens is 616 g/mol. The summed E-state index contributed by atoms with van der Waals surface area (Å²) >= 11 is 2.64. The van der Waals surface area contributed by atoms with E-state index in [9.17, 15) is 18.8 Å². The predicted molar refractivity (Wildman–Crippen MR) is 178 cm³/mol. The van der Waals surface area contributed by atoms with Crippen LogP contribution in [-0.2, 0) is 7.05 Å². The van der Waals surface area contributed by atoms with Gasteiger partial charge in [-0.2, -0.15) is 0 Å². The Kier molecular flexibility index (Phi) is 9.75. The third-order valence-electron chi connectivity index (χ3n) is 6.39. The van der Waals surface area contributed by atoms with E-state index < -0.39 is 0 Å². The van der Waals surface area contributed by atoms with Crippen LogP contribution in [0.1, 0.15) is 13.8 Å². The number of pyridine rings is 2. The number of amides is 4. The van der Waals surface area contributed by atoms with Crippen molar-refractivity contribution in [2.45, 2.75) is 13.8 Å². The number of carbonyl (C=O) groups is 2. The molecule has 0 aliphatic rings. The maximum atomic E-state index is 14.2. The van der Waals surface area contributed by atoms with E-state index in [1.165, 1.54) is 33.3 Å². The van der Waals surface area contributed by atoms with Crippen LogP contribution in [0.2, 0.25) is 0 Å². The fourth-order valence-corrected chi connectivity index (χ4v) is 5.95. The Morgan fingerprint density at radius 1 is 0.822 bits per heavy atom. The topological polar surface area (TPSA) is 143 Å². The minimum Gasteiger partial charge on any atom is -0.338 e. The number of anilines is 2. The summed E-state index contributed by atoms with van der Waals surface area (Å²) in [6, 6.07) is 15.4. The summed E-state index contributed by atoms with van der Waals surface area (Å²) < 4.78 is 17.4. The van der Waals surface area contributed by atoms with Crippen LogP contribution in [0.4, 0.5) is 24.2 Å². The van der Waals surface area contributed by atoms with Crippen molar-refractivity contribution in [2.75, 3.05) is 23.7 Å². The van der Waals surface area contributed by atoms with Gasteiger partial charge in [-0.15, -0.1) is 0 Å². The molecule has 0 radical (unpaired) electrons. The summed E-state index contributed by atoms with van der Waals surface area (Å²) in [4.78, 5) is 47.6. The van der Waals surface area contributed by atoms with Gasteiger partial charge in [-0.1, -0.05) is 34.8 Å². The average Bonchev–Trinajstić information content (AvgIpc) is 3.60. The van der Waals surface area contributed by atoms with Crippen LogP contribution < -0.4 is 26.8 Å². The molecule has 0 saturated heterocycles. The third-order valence-corrected chi connectivity index (χ3v) is 8.28. The van der Waals surface area contributed by atoms with Crippen LogP contribution in [0.25, 0.3) is 42.7 Å². The van der Waals surface area contributed by atoms with Gasteiger partial charge in [0, 0.05) is 55.9 Å². The van der Waals surface area contributed by atoms with Gasteiger partial charge in [-0.25, -0.2) is 23.9 Å². The number of rotatable bonds is 6. The van der Waals surface area contributed by atoms with Gasteiger partial charge in [0.05, 0.1) is 20.4 Å². The largest absolute Gasteiger partial charge is 0.338 e. The average molecular weight is 645 g/mol.